The number of sulfonamides is 1. The SMILES string of the molecule is Cc1ccc(CN(C(=O)CCCN(c2ccccc2C)S(C)(=O)=O)[C@@H](C)C(=O)NC(C)C)cc1. The van der Waals surface area contributed by atoms with E-state index in [2.05, 4.69) is 5.32 Å². The molecule has 0 saturated heterocycles. The third kappa shape index (κ3) is 7.87. The molecule has 0 aliphatic rings. The van der Waals surface area contributed by atoms with Gasteiger partial charge in [0, 0.05) is 25.6 Å². The summed E-state index contributed by atoms with van der Waals surface area (Å²) in [7, 11) is -3.51. The van der Waals surface area contributed by atoms with Crippen LogP contribution in [0.2, 0.25) is 0 Å². The fourth-order valence-corrected chi connectivity index (χ4v) is 4.73. The van der Waals surface area contributed by atoms with Crippen LogP contribution in [0.15, 0.2) is 48.5 Å². The van der Waals surface area contributed by atoms with Crippen molar-refractivity contribution in [3.05, 3.63) is 65.2 Å². The Balaban J connectivity index is 2.17. The molecule has 186 valence electrons. The highest BCUT2D eigenvalue weighted by atomic mass is 32.2. The van der Waals surface area contributed by atoms with E-state index >= 15 is 0 Å². The predicted molar refractivity (Wildman–Crippen MR) is 137 cm³/mol. The molecule has 0 aliphatic heterocycles. The summed E-state index contributed by atoms with van der Waals surface area (Å²) in [6.07, 6.45) is 1.63. The van der Waals surface area contributed by atoms with Crippen molar-refractivity contribution in [3.8, 4) is 0 Å². The fourth-order valence-electron chi connectivity index (χ4n) is 3.70. The van der Waals surface area contributed by atoms with Crippen LogP contribution >= 0.6 is 0 Å². The van der Waals surface area contributed by atoms with Crippen LogP contribution in [0.1, 0.15) is 50.3 Å². The Morgan fingerprint density at radius 2 is 1.59 bits per heavy atom. The molecule has 34 heavy (non-hydrogen) atoms. The summed E-state index contributed by atoms with van der Waals surface area (Å²) < 4.78 is 26.2. The quantitative estimate of drug-likeness (QED) is 0.522. The van der Waals surface area contributed by atoms with E-state index in [0.717, 1.165) is 16.7 Å². The average molecular weight is 488 g/mol. The lowest BCUT2D eigenvalue weighted by molar-refractivity contribution is -0.140. The van der Waals surface area contributed by atoms with E-state index in [4.69, 9.17) is 0 Å². The zero-order valence-electron chi connectivity index (χ0n) is 21.0. The first-order valence-corrected chi connectivity index (χ1v) is 13.4. The monoisotopic (exact) mass is 487 g/mol. The molecule has 1 N–H and O–H groups in total. The summed E-state index contributed by atoms with van der Waals surface area (Å²) >= 11 is 0. The second-order valence-corrected chi connectivity index (χ2v) is 11.0. The summed E-state index contributed by atoms with van der Waals surface area (Å²) in [5.41, 5.74) is 3.50. The van der Waals surface area contributed by atoms with Crippen molar-refractivity contribution in [1.29, 1.82) is 0 Å². The maximum absolute atomic E-state index is 13.3. The number of carbonyl (C=O) groups is 2. The minimum absolute atomic E-state index is 0.0382. The van der Waals surface area contributed by atoms with Crippen LogP contribution in [0.4, 0.5) is 5.69 Å². The Labute approximate surface area is 204 Å². The van der Waals surface area contributed by atoms with Gasteiger partial charge in [-0.05, 0) is 58.2 Å². The number of amides is 2. The van der Waals surface area contributed by atoms with Gasteiger partial charge in [-0.3, -0.25) is 13.9 Å². The van der Waals surface area contributed by atoms with Crippen molar-refractivity contribution >= 4 is 27.5 Å². The normalized spacial score (nSPS) is 12.3. The summed E-state index contributed by atoms with van der Waals surface area (Å²) in [6.45, 7) is 9.81. The van der Waals surface area contributed by atoms with Crippen molar-refractivity contribution in [2.24, 2.45) is 0 Å². The molecule has 2 rings (SSSR count). The number of hydrogen-bond acceptors (Lipinski definition) is 4. The molecule has 1 atom stereocenters. The number of hydrogen-bond donors (Lipinski definition) is 1. The second-order valence-electron chi connectivity index (χ2n) is 9.07. The van der Waals surface area contributed by atoms with Crippen LogP contribution in [-0.4, -0.2) is 50.0 Å². The van der Waals surface area contributed by atoms with Gasteiger partial charge >= 0.3 is 0 Å². The summed E-state index contributed by atoms with van der Waals surface area (Å²) in [4.78, 5) is 27.5. The number of aryl methyl sites for hydroxylation is 2. The molecule has 0 aliphatic carbocycles. The molecule has 0 unspecified atom stereocenters. The minimum Gasteiger partial charge on any atom is -0.352 e. The van der Waals surface area contributed by atoms with Gasteiger partial charge in [0.05, 0.1) is 11.9 Å². The second kappa shape index (κ2) is 12.0. The zero-order valence-corrected chi connectivity index (χ0v) is 21.9. The van der Waals surface area contributed by atoms with Crippen molar-refractivity contribution < 1.29 is 18.0 Å². The lowest BCUT2D eigenvalue weighted by atomic mass is 10.1. The van der Waals surface area contributed by atoms with Crippen LogP contribution < -0.4 is 9.62 Å². The molecular formula is C26H37N3O4S. The molecule has 2 aromatic rings. The van der Waals surface area contributed by atoms with Gasteiger partial charge in [-0.2, -0.15) is 0 Å². The molecule has 7 nitrogen and oxygen atoms in total. The Morgan fingerprint density at radius 1 is 0.971 bits per heavy atom. The van der Waals surface area contributed by atoms with E-state index in [1.807, 2.05) is 64.1 Å². The number of anilines is 1. The van der Waals surface area contributed by atoms with E-state index < -0.39 is 16.1 Å². The van der Waals surface area contributed by atoms with Gasteiger partial charge in [0.2, 0.25) is 21.8 Å². The van der Waals surface area contributed by atoms with E-state index in [0.29, 0.717) is 18.7 Å². The molecule has 0 radical (unpaired) electrons. The highest BCUT2D eigenvalue weighted by Crippen LogP contribution is 2.23. The molecule has 0 fully saturated rings. The lowest BCUT2D eigenvalue weighted by Crippen LogP contribution is -2.49. The van der Waals surface area contributed by atoms with E-state index in [9.17, 15) is 18.0 Å². The number of para-hydroxylation sites is 1. The smallest absolute Gasteiger partial charge is 0.242 e. The molecule has 8 heteroatoms. The Kier molecular flexibility index (Phi) is 9.67. The Morgan fingerprint density at radius 3 is 2.15 bits per heavy atom. The van der Waals surface area contributed by atoms with Crippen molar-refractivity contribution in [2.75, 3.05) is 17.1 Å². The summed E-state index contributed by atoms with van der Waals surface area (Å²) in [6, 6.07) is 14.4. The Hall–Kier alpha value is -2.87. The van der Waals surface area contributed by atoms with Crippen LogP contribution in [0.3, 0.4) is 0 Å². The molecule has 0 heterocycles. The first kappa shape index (κ1) is 27.4. The van der Waals surface area contributed by atoms with Gasteiger partial charge in [-0.15, -0.1) is 0 Å². The number of nitrogens with one attached hydrogen (secondary N) is 1. The van der Waals surface area contributed by atoms with E-state index in [1.165, 1.54) is 10.6 Å². The van der Waals surface area contributed by atoms with Gasteiger partial charge < -0.3 is 10.2 Å². The van der Waals surface area contributed by atoms with Crippen molar-refractivity contribution in [2.45, 2.75) is 66.1 Å². The molecule has 0 spiro atoms. The number of benzene rings is 2. The van der Waals surface area contributed by atoms with Gasteiger partial charge in [0.15, 0.2) is 0 Å². The van der Waals surface area contributed by atoms with Gasteiger partial charge in [0.25, 0.3) is 0 Å². The van der Waals surface area contributed by atoms with E-state index in [-0.39, 0.29) is 30.8 Å². The zero-order chi connectivity index (χ0) is 25.5. The highest BCUT2D eigenvalue weighted by Gasteiger charge is 2.27. The lowest BCUT2D eigenvalue weighted by Gasteiger charge is -2.30. The van der Waals surface area contributed by atoms with Crippen molar-refractivity contribution in [1.82, 2.24) is 10.2 Å². The first-order chi connectivity index (χ1) is 15.9. The predicted octanol–water partition coefficient (Wildman–Crippen LogP) is 3.79. The molecule has 2 aromatic carbocycles. The highest BCUT2D eigenvalue weighted by molar-refractivity contribution is 7.92. The number of rotatable bonds is 11. The molecule has 0 aromatic heterocycles. The maximum Gasteiger partial charge on any atom is 0.242 e. The van der Waals surface area contributed by atoms with Crippen LogP contribution in [0, 0.1) is 13.8 Å². The van der Waals surface area contributed by atoms with Crippen LogP contribution in [0.5, 0.6) is 0 Å². The standard InChI is InChI=1S/C26H37N3O4S/c1-19(2)27-26(31)22(5)28(18-23-15-13-20(3)14-16-23)25(30)12-9-17-29(34(6,32)33)24-11-8-7-10-21(24)4/h7-8,10-11,13-16,19,22H,9,12,17-18H2,1-6H3,(H,27,31)/t22-/m0/s1. The fraction of sp³-hybridized carbons (Fsp3) is 0.462. The van der Waals surface area contributed by atoms with Gasteiger partial charge in [-0.25, -0.2) is 8.42 Å². The minimum atomic E-state index is -3.51. The number of nitrogens with zero attached hydrogens (tertiary/aromatic N) is 2. The van der Waals surface area contributed by atoms with Gasteiger partial charge in [0.1, 0.15) is 6.04 Å². The Bertz CT molecular complexity index is 1080. The maximum atomic E-state index is 13.3. The largest absolute Gasteiger partial charge is 0.352 e. The molecule has 2 amide bonds. The van der Waals surface area contributed by atoms with Gasteiger partial charge in [-0.1, -0.05) is 48.0 Å². The third-order valence-corrected chi connectivity index (χ3v) is 6.79. The van der Waals surface area contributed by atoms with Crippen molar-refractivity contribution in [3.63, 3.8) is 0 Å². The molecular weight excluding hydrogens is 450 g/mol. The summed E-state index contributed by atoms with van der Waals surface area (Å²) in [5.74, 6) is -0.404. The van der Waals surface area contributed by atoms with Crippen LogP contribution in [0.25, 0.3) is 0 Å². The first-order valence-electron chi connectivity index (χ1n) is 11.6. The molecule has 0 bridgehead atoms. The average Bonchev–Trinajstić information content (AvgIpc) is 2.75. The topological polar surface area (TPSA) is 86.8 Å². The third-order valence-electron chi connectivity index (χ3n) is 5.61. The van der Waals surface area contributed by atoms with Crippen LogP contribution in [-0.2, 0) is 26.2 Å². The van der Waals surface area contributed by atoms with E-state index in [1.54, 1.807) is 24.0 Å². The summed E-state index contributed by atoms with van der Waals surface area (Å²) in [5, 5.41) is 2.87. The molecule has 0 saturated carbocycles. The number of carbonyl (C=O) groups excluding carboxylic acids is 2.